The molecule has 146 valence electrons. The number of nitrogens with zero attached hydrogens (tertiary/aromatic N) is 5. The molecule has 0 bridgehead atoms. The van der Waals surface area contributed by atoms with Crippen molar-refractivity contribution in [3.63, 3.8) is 0 Å². The van der Waals surface area contributed by atoms with E-state index in [4.69, 9.17) is 0 Å². The summed E-state index contributed by atoms with van der Waals surface area (Å²) in [6.45, 7) is 0.152. The minimum Gasteiger partial charge on any atom is -0.326 e. The fraction of sp³-hybridized carbons (Fsp3) is 0.105. The second kappa shape index (κ2) is 7.92. The number of fused-ring (bicyclic) bond motifs is 1. The van der Waals surface area contributed by atoms with E-state index in [1.165, 1.54) is 40.4 Å². The van der Waals surface area contributed by atoms with Crippen LogP contribution in [0, 0.1) is 5.82 Å². The van der Waals surface area contributed by atoms with E-state index in [2.05, 4.69) is 36.3 Å². The van der Waals surface area contributed by atoms with Crippen LogP contribution in [0.2, 0.25) is 0 Å². The van der Waals surface area contributed by atoms with Crippen molar-refractivity contribution in [1.29, 1.82) is 0 Å². The Hall–Kier alpha value is -3.40. The average molecular weight is 457 g/mol. The van der Waals surface area contributed by atoms with Crippen molar-refractivity contribution in [3.05, 3.63) is 76.0 Å². The highest BCUT2D eigenvalue weighted by Gasteiger charge is 2.10. The zero-order chi connectivity index (χ0) is 20.4. The zero-order valence-electron chi connectivity index (χ0n) is 14.9. The van der Waals surface area contributed by atoms with Crippen LogP contribution < -0.4 is 10.9 Å². The highest BCUT2D eigenvalue weighted by Crippen LogP contribution is 2.18. The smallest absolute Gasteiger partial charge is 0.261 e. The van der Waals surface area contributed by atoms with Crippen LogP contribution in [0.15, 0.2) is 64.6 Å². The molecule has 2 heterocycles. The number of hydrogen-bond donors (Lipinski definition) is 1. The first-order valence-corrected chi connectivity index (χ1v) is 9.40. The summed E-state index contributed by atoms with van der Waals surface area (Å²) in [5, 5.41) is 6.96. The highest BCUT2D eigenvalue weighted by molar-refractivity contribution is 9.10. The Kier molecular flexibility index (Phi) is 5.17. The minimum atomic E-state index is -0.547. The van der Waals surface area contributed by atoms with Crippen molar-refractivity contribution in [2.24, 2.45) is 0 Å². The third kappa shape index (κ3) is 4.06. The highest BCUT2D eigenvalue weighted by atomic mass is 79.9. The van der Waals surface area contributed by atoms with Crippen LogP contribution in [0.1, 0.15) is 6.42 Å². The fourth-order valence-electron chi connectivity index (χ4n) is 2.84. The van der Waals surface area contributed by atoms with Gasteiger partial charge >= 0.3 is 0 Å². The van der Waals surface area contributed by atoms with Gasteiger partial charge in [0, 0.05) is 23.1 Å². The Morgan fingerprint density at radius 1 is 1.17 bits per heavy atom. The van der Waals surface area contributed by atoms with Gasteiger partial charge in [0.2, 0.25) is 5.91 Å². The maximum atomic E-state index is 14.3. The molecule has 10 heteroatoms. The van der Waals surface area contributed by atoms with E-state index in [-0.39, 0.29) is 30.1 Å². The van der Waals surface area contributed by atoms with Crippen molar-refractivity contribution >= 4 is 38.4 Å². The molecule has 0 fully saturated rings. The first-order valence-electron chi connectivity index (χ1n) is 8.60. The van der Waals surface area contributed by atoms with Gasteiger partial charge in [-0.15, -0.1) is 0 Å². The Morgan fingerprint density at radius 2 is 2.03 bits per heavy atom. The molecular formula is C19H14BrFN6O2. The van der Waals surface area contributed by atoms with E-state index in [0.29, 0.717) is 16.6 Å². The molecule has 4 rings (SSSR count). The summed E-state index contributed by atoms with van der Waals surface area (Å²) >= 11 is 3.33. The minimum absolute atomic E-state index is 0.0353. The summed E-state index contributed by atoms with van der Waals surface area (Å²) < 4.78 is 17.7. The Balaban J connectivity index is 1.44. The van der Waals surface area contributed by atoms with Crippen LogP contribution in [0.25, 0.3) is 16.6 Å². The number of carbonyl (C=O) groups excluding carboxylic acids is 1. The van der Waals surface area contributed by atoms with Crippen LogP contribution in [-0.4, -0.2) is 30.2 Å². The monoisotopic (exact) mass is 456 g/mol. The SMILES string of the molecule is O=C(CCn1cnc2ccc(Br)cc2c1=O)Nc1ccc(-n2cncn2)c(F)c1. The molecule has 0 radical (unpaired) electrons. The van der Waals surface area contributed by atoms with E-state index in [0.717, 1.165) is 4.47 Å². The number of aromatic nitrogens is 5. The number of carbonyl (C=O) groups is 1. The number of nitrogens with one attached hydrogen (secondary N) is 1. The maximum Gasteiger partial charge on any atom is 0.261 e. The van der Waals surface area contributed by atoms with Crippen molar-refractivity contribution < 1.29 is 9.18 Å². The fourth-order valence-corrected chi connectivity index (χ4v) is 3.20. The lowest BCUT2D eigenvalue weighted by Crippen LogP contribution is -2.23. The molecule has 1 N–H and O–H groups in total. The molecule has 0 aliphatic rings. The summed E-state index contributed by atoms with van der Waals surface area (Å²) in [7, 11) is 0. The molecule has 0 aliphatic carbocycles. The van der Waals surface area contributed by atoms with E-state index in [9.17, 15) is 14.0 Å². The van der Waals surface area contributed by atoms with Crippen LogP contribution in [0.3, 0.4) is 0 Å². The largest absolute Gasteiger partial charge is 0.326 e. The summed E-state index contributed by atoms with van der Waals surface area (Å²) in [6.07, 6.45) is 4.13. The molecule has 0 saturated heterocycles. The molecule has 0 aliphatic heterocycles. The normalized spacial score (nSPS) is 11.0. The number of anilines is 1. The van der Waals surface area contributed by atoms with Gasteiger partial charge in [0.1, 0.15) is 18.3 Å². The molecule has 0 atom stereocenters. The van der Waals surface area contributed by atoms with Gasteiger partial charge in [-0.3, -0.25) is 14.2 Å². The third-order valence-corrected chi connectivity index (χ3v) is 4.76. The number of hydrogen-bond acceptors (Lipinski definition) is 5. The summed E-state index contributed by atoms with van der Waals surface area (Å²) in [4.78, 5) is 32.8. The van der Waals surface area contributed by atoms with Gasteiger partial charge in [-0.25, -0.2) is 19.0 Å². The Labute approximate surface area is 172 Å². The average Bonchev–Trinajstić information content (AvgIpc) is 3.22. The van der Waals surface area contributed by atoms with Crippen molar-refractivity contribution in [1.82, 2.24) is 24.3 Å². The number of halogens is 2. The molecule has 0 saturated carbocycles. The van der Waals surface area contributed by atoms with Gasteiger partial charge in [0.05, 0.1) is 17.2 Å². The Bertz CT molecular complexity index is 1260. The molecule has 8 nitrogen and oxygen atoms in total. The lowest BCUT2D eigenvalue weighted by atomic mass is 10.2. The molecule has 2 aromatic carbocycles. The van der Waals surface area contributed by atoms with Crippen LogP contribution in [0.5, 0.6) is 0 Å². The molecule has 2 aromatic heterocycles. The second-order valence-corrected chi connectivity index (χ2v) is 7.12. The quantitative estimate of drug-likeness (QED) is 0.498. The second-order valence-electron chi connectivity index (χ2n) is 6.21. The Morgan fingerprint density at radius 3 is 2.79 bits per heavy atom. The van der Waals surface area contributed by atoms with Crippen LogP contribution >= 0.6 is 15.9 Å². The summed E-state index contributed by atoms with van der Waals surface area (Å²) in [5.74, 6) is -0.895. The zero-order valence-corrected chi connectivity index (χ0v) is 16.5. The standard InChI is InChI=1S/C19H14BrFN6O2/c20-12-1-3-16-14(7-12)19(29)26(11-23-16)6-5-18(28)25-13-2-4-17(15(21)8-13)27-10-22-9-24-27/h1-4,7-11H,5-6H2,(H,25,28). The first kappa shape index (κ1) is 18.9. The third-order valence-electron chi connectivity index (χ3n) is 4.26. The van der Waals surface area contributed by atoms with Crippen molar-refractivity contribution in [2.45, 2.75) is 13.0 Å². The molecule has 0 unspecified atom stereocenters. The molecular weight excluding hydrogens is 443 g/mol. The predicted octanol–water partition coefficient (Wildman–Crippen LogP) is 2.91. The number of rotatable bonds is 5. The van der Waals surface area contributed by atoms with E-state index in [1.807, 2.05) is 0 Å². The molecule has 1 amide bonds. The van der Waals surface area contributed by atoms with Crippen LogP contribution in [0.4, 0.5) is 10.1 Å². The summed E-state index contributed by atoms with van der Waals surface area (Å²) in [6, 6.07) is 9.51. The summed E-state index contributed by atoms with van der Waals surface area (Å²) in [5.41, 5.74) is 0.888. The van der Waals surface area contributed by atoms with Gasteiger partial charge in [-0.1, -0.05) is 15.9 Å². The lowest BCUT2D eigenvalue weighted by Gasteiger charge is -2.09. The van der Waals surface area contributed by atoms with Crippen molar-refractivity contribution in [2.75, 3.05) is 5.32 Å². The first-order chi connectivity index (χ1) is 14.0. The van der Waals surface area contributed by atoms with Gasteiger partial charge < -0.3 is 5.32 Å². The topological polar surface area (TPSA) is 94.7 Å². The number of aryl methyl sites for hydroxylation is 1. The van der Waals surface area contributed by atoms with Gasteiger partial charge in [0.25, 0.3) is 5.56 Å². The molecule has 0 spiro atoms. The number of benzene rings is 2. The molecule has 4 aromatic rings. The van der Waals surface area contributed by atoms with Gasteiger partial charge in [-0.05, 0) is 36.4 Å². The van der Waals surface area contributed by atoms with E-state index >= 15 is 0 Å². The van der Waals surface area contributed by atoms with Gasteiger partial charge in [0.15, 0.2) is 5.82 Å². The van der Waals surface area contributed by atoms with Gasteiger partial charge in [-0.2, -0.15) is 5.10 Å². The predicted molar refractivity (Wildman–Crippen MR) is 108 cm³/mol. The molecule has 29 heavy (non-hydrogen) atoms. The van der Waals surface area contributed by atoms with Crippen molar-refractivity contribution in [3.8, 4) is 5.69 Å². The number of amides is 1. The van der Waals surface area contributed by atoms with E-state index < -0.39 is 5.82 Å². The maximum absolute atomic E-state index is 14.3. The lowest BCUT2D eigenvalue weighted by molar-refractivity contribution is -0.116. The van der Waals surface area contributed by atoms with E-state index in [1.54, 1.807) is 24.3 Å². The van der Waals surface area contributed by atoms with Crippen LogP contribution in [-0.2, 0) is 11.3 Å².